The highest BCUT2D eigenvalue weighted by atomic mass is 14.9. The molecule has 0 atom stereocenters. The zero-order valence-corrected chi connectivity index (χ0v) is 14.2. The molecule has 0 spiro atoms. The van der Waals surface area contributed by atoms with Crippen molar-refractivity contribution in [2.75, 3.05) is 5.32 Å². The molecule has 1 nitrogen and oxygen atoms in total. The standard InChI is InChI=1S/C25H17N/c1-3-11-19(12-4-1)25(20-13-5-2-6-14-20)21-15-7-9-17-23(21)26-24-18-10-8-16-22(24)25/h1-7,9,11-18,26H. The van der Waals surface area contributed by atoms with Gasteiger partial charge in [0.15, 0.2) is 0 Å². The molecule has 0 fully saturated rings. The summed E-state index contributed by atoms with van der Waals surface area (Å²) in [6, 6.07) is 30.0. The molecule has 1 N–H and O–H groups in total. The predicted octanol–water partition coefficient (Wildman–Crippen LogP) is 5.58. The van der Waals surface area contributed by atoms with Crippen LogP contribution in [0.2, 0.25) is 0 Å². The second-order valence-corrected chi connectivity index (χ2v) is 6.56. The number of allylic oxidation sites excluding steroid dienone is 3. The fraction of sp³-hybridized carbons (Fsp3) is 0.0400. The van der Waals surface area contributed by atoms with Gasteiger partial charge in [-0.2, -0.15) is 0 Å². The molecule has 1 heterocycles. The van der Waals surface area contributed by atoms with Gasteiger partial charge in [-0.05, 0) is 28.8 Å². The van der Waals surface area contributed by atoms with Crippen LogP contribution in [-0.4, -0.2) is 0 Å². The third kappa shape index (κ3) is 2.00. The van der Waals surface area contributed by atoms with Crippen LogP contribution in [0.25, 0.3) is 0 Å². The van der Waals surface area contributed by atoms with E-state index in [1.807, 2.05) is 6.08 Å². The molecule has 0 saturated carbocycles. The molecule has 0 amide bonds. The maximum absolute atomic E-state index is 3.58. The van der Waals surface area contributed by atoms with E-state index in [1.54, 1.807) is 0 Å². The average molecular weight is 331 g/mol. The lowest BCUT2D eigenvalue weighted by atomic mass is 9.62. The van der Waals surface area contributed by atoms with E-state index in [0.717, 1.165) is 11.4 Å². The molecule has 0 bridgehead atoms. The normalized spacial score (nSPS) is 16.0. The van der Waals surface area contributed by atoms with E-state index in [2.05, 4.69) is 108 Å². The Morgan fingerprint density at radius 3 is 1.88 bits per heavy atom. The van der Waals surface area contributed by atoms with Crippen molar-refractivity contribution < 1.29 is 0 Å². The lowest BCUT2D eigenvalue weighted by Gasteiger charge is -2.42. The summed E-state index contributed by atoms with van der Waals surface area (Å²) in [5, 5.41) is 3.58. The van der Waals surface area contributed by atoms with E-state index >= 15 is 0 Å². The molecule has 1 heteroatoms. The summed E-state index contributed by atoms with van der Waals surface area (Å²) in [6.07, 6.45) is 4.06. The van der Waals surface area contributed by atoms with Gasteiger partial charge in [-0.1, -0.05) is 90.3 Å². The maximum Gasteiger partial charge on any atom is 0.0748 e. The van der Waals surface area contributed by atoms with Crippen LogP contribution in [0.4, 0.5) is 5.69 Å². The second-order valence-electron chi connectivity index (χ2n) is 6.56. The molecule has 26 heavy (non-hydrogen) atoms. The van der Waals surface area contributed by atoms with Crippen LogP contribution in [0.3, 0.4) is 0 Å². The molecule has 3 aromatic carbocycles. The molecule has 0 aromatic heterocycles. The van der Waals surface area contributed by atoms with E-state index in [0.29, 0.717) is 0 Å². The van der Waals surface area contributed by atoms with Crippen LogP contribution in [0.5, 0.6) is 0 Å². The summed E-state index contributed by atoms with van der Waals surface area (Å²) >= 11 is 0. The summed E-state index contributed by atoms with van der Waals surface area (Å²) in [6.45, 7) is 0. The van der Waals surface area contributed by atoms with Crippen LogP contribution in [0.15, 0.2) is 120 Å². The monoisotopic (exact) mass is 331 g/mol. The van der Waals surface area contributed by atoms with Gasteiger partial charge in [-0.3, -0.25) is 0 Å². The quantitative estimate of drug-likeness (QED) is 0.604. The van der Waals surface area contributed by atoms with Gasteiger partial charge < -0.3 is 5.32 Å². The van der Waals surface area contributed by atoms with Crippen LogP contribution in [0.1, 0.15) is 16.7 Å². The molecule has 1 aliphatic carbocycles. The smallest absolute Gasteiger partial charge is 0.0748 e. The first-order valence-corrected chi connectivity index (χ1v) is 8.80. The predicted molar refractivity (Wildman–Crippen MR) is 106 cm³/mol. The first kappa shape index (κ1) is 14.8. The van der Waals surface area contributed by atoms with Crippen molar-refractivity contribution in [3.63, 3.8) is 0 Å². The zero-order valence-electron chi connectivity index (χ0n) is 14.2. The number of nitrogens with one attached hydrogen (secondary N) is 1. The lowest BCUT2D eigenvalue weighted by molar-refractivity contribution is 0.728. The van der Waals surface area contributed by atoms with Crippen molar-refractivity contribution in [1.29, 1.82) is 0 Å². The van der Waals surface area contributed by atoms with Crippen molar-refractivity contribution >= 4 is 5.69 Å². The highest BCUT2D eigenvalue weighted by molar-refractivity contribution is 5.76. The molecule has 5 rings (SSSR count). The highest BCUT2D eigenvalue weighted by Gasteiger charge is 2.44. The Kier molecular flexibility index (Phi) is 3.30. The van der Waals surface area contributed by atoms with Crippen LogP contribution >= 0.6 is 0 Å². The van der Waals surface area contributed by atoms with E-state index < -0.39 is 0 Å². The number of anilines is 1. The van der Waals surface area contributed by atoms with Gasteiger partial charge in [0.25, 0.3) is 0 Å². The van der Waals surface area contributed by atoms with Crippen LogP contribution in [0, 0.1) is 0 Å². The number of hydrogen-bond donors (Lipinski definition) is 1. The van der Waals surface area contributed by atoms with Gasteiger partial charge in [0.05, 0.1) is 11.1 Å². The SMILES string of the molecule is C1=C=CC2=C(C=1)Nc1ccccc1C2(c1ccccc1)c1ccccc1. The van der Waals surface area contributed by atoms with Gasteiger partial charge in [-0.15, -0.1) is 0 Å². The van der Waals surface area contributed by atoms with E-state index in [1.165, 1.54) is 22.3 Å². The summed E-state index contributed by atoms with van der Waals surface area (Å²) in [4.78, 5) is 0. The van der Waals surface area contributed by atoms with Crippen molar-refractivity contribution in [2.24, 2.45) is 0 Å². The van der Waals surface area contributed by atoms with Gasteiger partial charge in [0, 0.05) is 17.3 Å². The number of hydrogen-bond acceptors (Lipinski definition) is 1. The topological polar surface area (TPSA) is 12.0 Å². The lowest BCUT2D eigenvalue weighted by Crippen LogP contribution is -2.36. The molecule has 0 saturated heterocycles. The van der Waals surface area contributed by atoms with E-state index in [4.69, 9.17) is 0 Å². The minimum atomic E-state index is -0.384. The van der Waals surface area contributed by atoms with E-state index in [-0.39, 0.29) is 5.41 Å². The Hall–Kier alpha value is -3.50. The Morgan fingerprint density at radius 2 is 1.19 bits per heavy atom. The first-order valence-electron chi connectivity index (χ1n) is 8.80. The number of benzene rings is 3. The Morgan fingerprint density at radius 1 is 0.615 bits per heavy atom. The fourth-order valence-electron chi connectivity index (χ4n) is 4.17. The summed E-state index contributed by atoms with van der Waals surface area (Å²) in [7, 11) is 0. The van der Waals surface area contributed by atoms with Crippen molar-refractivity contribution in [2.45, 2.75) is 5.41 Å². The van der Waals surface area contributed by atoms with E-state index in [9.17, 15) is 0 Å². The summed E-state index contributed by atoms with van der Waals surface area (Å²) < 4.78 is 0. The summed E-state index contributed by atoms with van der Waals surface area (Å²) in [5.74, 6) is 0. The molecular formula is C25H17N. The van der Waals surface area contributed by atoms with Gasteiger partial charge in [0.1, 0.15) is 0 Å². The molecule has 2 aliphatic rings. The van der Waals surface area contributed by atoms with Crippen molar-refractivity contribution in [3.05, 3.63) is 137 Å². The Bertz CT molecular complexity index is 1070. The Balaban J connectivity index is 1.96. The number of fused-ring (bicyclic) bond motifs is 1. The zero-order chi connectivity index (χ0) is 17.4. The molecule has 0 radical (unpaired) electrons. The second kappa shape index (κ2) is 5.79. The van der Waals surface area contributed by atoms with Crippen LogP contribution < -0.4 is 5.32 Å². The number of para-hydroxylation sites is 1. The summed E-state index contributed by atoms with van der Waals surface area (Å²) in [5.41, 5.74) is 13.1. The molecule has 0 unspecified atom stereocenters. The van der Waals surface area contributed by atoms with Crippen molar-refractivity contribution in [1.82, 2.24) is 0 Å². The van der Waals surface area contributed by atoms with Crippen molar-refractivity contribution in [3.8, 4) is 0 Å². The van der Waals surface area contributed by atoms with Crippen LogP contribution in [-0.2, 0) is 5.41 Å². The average Bonchev–Trinajstić information content (AvgIpc) is 2.73. The molecule has 1 aliphatic heterocycles. The Labute approximate surface area is 153 Å². The largest absolute Gasteiger partial charge is 0.354 e. The minimum absolute atomic E-state index is 0.384. The molecule has 3 aromatic rings. The van der Waals surface area contributed by atoms with Gasteiger partial charge >= 0.3 is 0 Å². The first-order chi connectivity index (χ1) is 12.9. The highest BCUT2D eigenvalue weighted by Crippen LogP contribution is 2.52. The van der Waals surface area contributed by atoms with Gasteiger partial charge in [-0.25, -0.2) is 0 Å². The molecule has 122 valence electrons. The fourth-order valence-corrected chi connectivity index (χ4v) is 4.17. The maximum atomic E-state index is 3.58. The minimum Gasteiger partial charge on any atom is -0.354 e. The number of rotatable bonds is 2. The molecular weight excluding hydrogens is 314 g/mol. The third-order valence-corrected chi connectivity index (χ3v) is 5.22. The third-order valence-electron chi connectivity index (χ3n) is 5.22. The van der Waals surface area contributed by atoms with Gasteiger partial charge in [0.2, 0.25) is 0 Å².